The van der Waals surface area contributed by atoms with Crippen LogP contribution < -0.4 is 17.2 Å². The van der Waals surface area contributed by atoms with Gasteiger partial charge in [-0.05, 0) is 56.3 Å². The van der Waals surface area contributed by atoms with E-state index in [1.165, 1.54) is 96.3 Å². The molecule has 42 heavy (non-hydrogen) atoms. The van der Waals surface area contributed by atoms with Crippen molar-refractivity contribution in [1.29, 1.82) is 0 Å². The summed E-state index contributed by atoms with van der Waals surface area (Å²) in [4.78, 5) is 0. The lowest BCUT2D eigenvalue weighted by Gasteiger charge is -2.27. The van der Waals surface area contributed by atoms with E-state index in [9.17, 15) is 25.3 Å². The number of hydrogen-bond acceptors (Lipinski definition) is 9. The summed E-state index contributed by atoms with van der Waals surface area (Å²) in [6, 6.07) is 1.55. The largest absolute Gasteiger partial charge is 0.327 e. The predicted octanol–water partition coefficient (Wildman–Crippen LogP) is 4.25. The van der Waals surface area contributed by atoms with Crippen molar-refractivity contribution in [3.05, 3.63) is 0 Å². The van der Waals surface area contributed by atoms with Crippen LogP contribution in [-0.4, -0.2) is 75.8 Å². The molecule has 3 fully saturated rings. The molecule has 3 aliphatic rings. The molecule has 0 aromatic carbocycles. The van der Waals surface area contributed by atoms with E-state index < -0.39 is 30.4 Å². The van der Waals surface area contributed by atoms with Gasteiger partial charge in [-0.1, -0.05) is 78.6 Å². The van der Waals surface area contributed by atoms with Gasteiger partial charge >= 0.3 is 0 Å². The second kappa shape index (κ2) is 24.9. The molecule has 0 aromatic heterocycles. The van der Waals surface area contributed by atoms with Crippen molar-refractivity contribution >= 4 is 30.4 Å². The van der Waals surface area contributed by atoms with Crippen molar-refractivity contribution in [2.45, 2.75) is 135 Å². The highest BCUT2D eigenvalue weighted by Gasteiger charge is 2.20. The maximum absolute atomic E-state index is 9.19. The highest BCUT2D eigenvalue weighted by Crippen LogP contribution is 2.26. The van der Waals surface area contributed by atoms with E-state index in [4.69, 9.17) is 30.9 Å². The Kier molecular flexibility index (Phi) is 27.3. The minimum atomic E-state index is -3.67. The Hall–Kier alpha value is -0.390. The lowest BCUT2D eigenvalue weighted by Crippen LogP contribution is -2.32. The van der Waals surface area contributed by atoms with Gasteiger partial charge in [-0.2, -0.15) is 25.3 Å². The Morgan fingerprint density at radius 2 is 0.595 bits per heavy atom. The molecule has 0 radical (unpaired) electrons. The monoisotopic (exact) mass is 669 g/mol. The van der Waals surface area contributed by atoms with Crippen LogP contribution in [0.4, 0.5) is 0 Å². The zero-order valence-corrected chi connectivity index (χ0v) is 29.3. The standard InChI is InChI=1S/3C8H17N.3CH4O3S/c3*1-2-7-5-3-4-6-8(7)9;3*1-5(2,3)4/h3*7-8H,2-6,9H2,1H3;3*1H3,(H,2,3,4). The van der Waals surface area contributed by atoms with Gasteiger partial charge in [-0.3, -0.25) is 13.7 Å². The fraction of sp³-hybridized carbons (Fsp3) is 1.00. The summed E-state index contributed by atoms with van der Waals surface area (Å²) in [6.07, 6.45) is 22.2. The van der Waals surface area contributed by atoms with E-state index in [2.05, 4.69) is 20.8 Å². The van der Waals surface area contributed by atoms with Crippen LogP contribution in [0.2, 0.25) is 0 Å². The molecule has 0 aromatic rings. The Morgan fingerprint density at radius 3 is 0.690 bits per heavy atom. The van der Waals surface area contributed by atoms with Crippen molar-refractivity contribution in [2.24, 2.45) is 35.0 Å². The highest BCUT2D eigenvalue weighted by molar-refractivity contribution is 7.85. The molecular weight excluding hydrogens is 607 g/mol. The SMILES string of the molecule is CCC1CCCCC1N.CCC1CCCCC1N.CCC1CCCCC1N.CS(=O)(=O)O.CS(=O)(=O)O.CS(=O)(=O)O. The molecule has 0 aliphatic heterocycles. The first-order chi connectivity index (χ1) is 19.0. The van der Waals surface area contributed by atoms with Crippen LogP contribution in [-0.2, 0) is 30.4 Å². The van der Waals surface area contributed by atoms with E-state index in [0.717, 1.165) is 17.8 Å². The van der Waals surface area contributed by atoms with Gasteiger partial charge < -0.3 is 17.2 Å². The van der Waals surface area contributed by atoms with Gasteiger partial charge in [-0.15, -0.1) is 0 Å². The van der Waals surface area contributed by atoms with Crippen molar-refractivity contribution in [3.63, 3.8) is 0 Å². The number of nitrogens with two attached hydrogens (primary N) is 3. The van der Waals surface area contributed by atoms with Crippen molar-refractivity contribution < 1.29 is 38.9 Å². The first kappa shape index (κ1) is 46.0. The quantitative estimate of drug-likeness (QED) is 0.231. The topological polar surface area (TPSA) is 241 Å². The third-order valence-corrected chi connectivity index (χ3v) is 7.48. The van der Waals surface area contributed by atoms with Gasteiger partial charge in [0, 0.05) is 18.1 Å². The minimum Gasteiger partial charge on any atom is -0.327 e. The molecule has 0 saturated heterocycles. The zero-order chi connectivity index (χ0) is 33.6. The Balaban J connectivity index is -0.000000446. The van der Waals surface area contributed by atoms with Crippen molar-refractivity contribution in [2.75, 3.05) is 18.8 Å². The number of rotatable bonds is 3. The average Bonchev–Trinajstić information content (AvgIpc) is 2.83. The smallest absolute Gasteiger partial charge is 0.261 e. The highest BCUT2D eigenvalue weighted by atomic mass is 32.2. The summed E-state index contributed by atoms with van der Waals surface area (Å²) in [5.74, 6) is 2.50. The first-order valence-electron chi connectivity index (χ1n) is 15.1. The molecule has 3 aliphatic carbocycles. The molecule has 258 valence electrons. The summed E-state index contributed by atoms with van der Waals surface area (Å²) in [6.45, 7) is 6.74. The van der Waals surface area contributed by atoms with Crippen LogP contribution >= 0.6 is 0 Å². The Morgan fingerprint density at radius 1 is 0.452 bits per heavy atom. The fourth-order valence-corrected chi connectivity index (χ4v) is 5.23. The maximum Gasteiger partial charge on any atom is 0.261 e. The molecule has 15 heteroatoms. The van der Waals surface area contributed by atoms with Crippen LogP contribution in [0.1, 0.15) is 117 Å². The molecule has 6 atom stereocenters. The summed E-state index contributed by atoms with van der Waals surface area (Å²) >= 11 is 0. The summed E-state index contributed by atoms with van der Waals surface area (Å²) in [7, 11) is -11.0. The minimum absolute atomic E-state index is 0.517. The second-order valence-corrected chi connectivity index (χ2v) is 15.9. The van der Waals surface area contributed by atoms with Gasteiger partial charge in [0.1, 0.15) is 0 Å². The van der Waals surface area contributed by atoms with Crippen LogP contribution in [0.3, 0.4) is 0 Å². The van der Waals surface area contributed by atoms with E-state index in [1.54, 1.807) is 0 Å². The van der Waals surface area contributed by atoms with Gasteiger partial charge in [0.25, 0.3) is 30.4 Å². The molecule has 0 heterocycles. The summed E-state index contributed by atoms with van der Waals surface area (Å²) < 4.78 is 77.6. The van der Waals surface area contributed by atoms with E-state index in [-0.39, 0.29) is 0 Å². The van der Waals surface area contributed by atoms with Crippen LogP contribution in [0, 0.1) is 17.8 Å². The zero-order valence-electron chi connectivity index (χ0n) is 26.8. The summed E-state index contributed by atoms with van der Waals surface area (Å²) in [5.41, 5.74) is 17.7. The van der Waals surface area contributed by atoms with Crippen LogP contribution in [0.5, 0.6) is 0 Å². The first-order valence-corrected chi connectivity index (χ1v) is 20.6. The van der Waals surface area contributed by atoms with E-state index in [0.29, 0.717) is 36.9 Å². The van der Waals surface area contributed by atoms with E-state index in [1.807, 2.05) is 0 Å². The Labute approximate surface area is 257 Å². The number of hydrogen-bond donors (Lipinski definition) is 6. The normalized spacial score (nSPS) is 27.7. The molecule has 9 N–H and O–H groups in total. The lowest BCUT2D eigenvalue weighted by atomic mass is 9.84. The third kappa shape index (κ3) is 39.6. The molecule has 12 nitrogen and oxygen atoms in total. The average molecular weight is 670 g/mol. The van der Waals surface area contributed by atoms with Crippen LogP contribution in [0.15, 0.2) is 0 Å². The lowest BCUT2D eigenvalue weighted by molar-refractivity contribution is 0.300. The Bertz CT molecular complexity index is 815. The van der Waals surface area contributed by atoms with Crippen molar-refractivity contribution in [3.8, 4) is 0 Å². The second-order valence-electron chi connectivity index (χ2n) is 11.5. The van der Waals surface area contributed by atoms with Crippen LogP contribution in [0.25, 0.3) is 0 Å². The maximum atomic E-state index is 9.19. The third-order valence-electron chi connectivity index (χ3n) is 7.48. The molecule has 3 saturated carbocycles. The van der Waals surface area contributed by atoms with Gasteiger partial charge in [0.15, 0.2) is 0 Å². The van der Waals surface area contributed by atoms with Gasteiger partial charge in [0.05, 0.1) is 18.8 Å². The van der Waals surface area contributed by atoms with E-state index >= 15 is 0 Å². The predicted molar refractivity (Wildman–Crippen MR) is 173 cm³/mol. The molecule has 3 rings (SSSR count). The van der Waals surface area contributed by atoms with Gasteiger partial charge in [-0.25, -0.2) is 0 Å². The molecule has 6 unspecified atom stereocenters. The molecule has 0 spiro atoms. The molecular formula is C27H63N3O9S3. The fourth-order valence-electron chi connectivity index (χ4n) is 5.23. The molecule has 0 bridgehead atoms. The molecule has 0 amide bonds. The van der Waals surface area contributed by atoms with Crippen molar-refractivity contribution in [1.82, 2.24) is 0 Å². The van der Waals surface area contributed by atoms with Gasteiger partial charge in [0.2, 0.25) is 0 Å². The summed E-state index contributed by atoms with van der Waals surface area (Å²) in [5, 5.41) is 0.